The molecule has 3 unspecified atom stereocenters. The summed E-state index contributed by atoms with van der Waals surface area (Å²) in [5, 5.41) is 0. The Morgan fingerprint density at radius 2 is 1.70 bits per heavy atom. The van der Waals surface area contributed by atoms with E-state index in [1.807, 2.05) is 59.5 Å². The molecule has 3 atom stereocenters. The molecule has 5 rings (SSSR count). The molecule has 5 heteroatoms. The van der Waals surface area contributed by atoms with Gasteiger partial charge in [0.25, 0.3) is 0 Å². The van der Waals surface area contributed by atoms with Crippen molar-refractivity contribution in [2.45, 2.75) is 18.8 Å². The molecule has 0 saturated carbocycles. The summed E-state index contributed by atoms with van der Waals surface area (Å²) in [6.07, 6.45) is 0.791. The summed E-state index contributed by atoms with van der Waals surface area (Å²) in [4.78, 5) is 28.3. The van der Waals surface area contributed by atoms with Crippen molar-refractivity contribution in [3.05, 3.63) is 101 Å². The summed E-state index contributed by atoms with van der Waals surface area (Å²) >= 11 is 0. The number of carbonyl (C=O) groups excluding carboxylic acids is 2. The first-order chi connectivity index (χ1) is 16.0. The van der Waals surface area contributed by atoms with Gasteiger partial charge in [0, 0.05) is 30.5 Å². The fourth-order valence-electron chi connectivity index (χ4n) is 5.83. The maximum Gasteiger partial charge on any atom is 0.227 e. The van der Waals surface area contributed by atoms with Gasteiger partial charge in [0.2, 0.25) is 11.8 Å². The summed E-state index contributed by atoms with van der Waals surface area (Å²) in [7, 11) is 1.61. The number of fused-ring (bicyclic) bond motifs is 2. The number of para-hydroxylation sites is 1. The van der Waals surface area contributed by atoms with E-state index < -0.39 is 5.41 Å². The lowest BCUT2D eigenvalue weighted by atomic mass is 9.59. The lowest BCUT2D eigenvalue weighted by molar-refractivity contribution is -0.132. The number of hydrogen-bond acceptors (Lipinski definition) is 3. The van der Waals surface area contributed by atoms with Crippen LogP contribution >= 0.6 is 0 Å². The first kappa shape index (κ1) is 21.3. The first-order valence-electron chi connectivity index (χ1n) is 11.4. The van der Waals surface area contributed by atoms with Crippen molar-refractivity contribution in [1.29, 1.82) is 0 Å². The van der Waals surface area contributed by atoms with E-state index in [4.69, 9.17) is 10.5 Å². The molecule has 0 radical (unpaired) electrons. The largest absolute Gasteiger partial charge is 0.496 e. The number of primary amides is 1. The Bertz CT molecular complexity index is 1190. The molecule has 3 aromatic rings. The zero-order valence-corrected chi connectivity index (χ0v) is 18.7. The van der Waals surface area contributed by atoms with E-state index in [9.17, 15) is 9.59 Å². The maximum absolute atomic E-state index is 13.4. The molecule has 168 valence electrons. The highest BCUT2D eigenvalue weighted by Crippen LogP contribution is 2.53. The molecule has 33 heavy (non-hydrogen) atoms. The van der Waals surface area contributed by atoms with Gasteiger partial charge in [0.05, 0.1) is 18.9 Å². The van der Waals surface area contributed by atoms with Crippen LogP contribution < -0.4 is 10.5 Å². The van der Waals surface area contributed by atoms with E-state index >= 15 is 0 Å². The summed E-state index contributed by atoms with van der Waals surface area (Å²) in [5.74, 6) is 0.296. The Morgan fingerprint density at radius 3 is 2.45 bits per heavy atom. The molecule has 1 heterocycles. The van der Waals surface area contributed by atoms with E-state index in [-0.39, 0.29) is 30.1 Å². The van der Waals surface area contributed by atoms with E-state index in [1.54, 1.807) is 7.11 Å². The smallest absolute Gasteiger partial charge is 0.227 e. The number of benzene rings is 3. The molecule has 1 saturated heterocycles. The summed E-state index contributed by atoms with van der Waals surface area (Å²) in [6.45, 7) is 0.851. The fraction of sp³-hybridized carbons (Fsp3) is 0.286. The highest BCUT2D eigenvalue weighted by molar-refractivity contribution is 5.86. The highest BCUT2D eigenvalue weighted by atomic mass is 16.5. The van der Waals surface area contributed by atoms with Crippen molar-refractivity contribution in [2.75, 3.05) is 20.2 Å². The molecule has 2 N–H and O–H groups in total. The SMILES string of the molecule is COc1ccccc1CC(=O)N1CC2C(c3ccccc3)c3ccccc3CC2(C(N)=O)C1. The van der Waals surface area contributed by atoms with Crippen LogP contribution in [0, 0.1) is 11.3 Å². The van der Waals surface area contributed by atoms with Crippen LogP contribution in [0.5, 0.6) is 5.75 Å². The quantitative estimate of drug-likeness (QED) is 0.659. The standard InChI is InChI=1S/C28H28N2O3/c1-33-24-14-8-6-11-20(24)15-25(31)30-17-23-26(19-9-3-2-4-10-19)22-13-7-5-12-21(22)16-28(23,18-30)27(29)32/h2-14,23,26H,15-18H2,1H3,(H2,29,32). The van der Waals surface area contributed by atoms with E-state index in [1.165, 1.54) is 5.56 Å². The lowest BCUT2D eigenvalue weighted by Gasteiger charge is -2.42. The number of methoxy groups -OCH3 is 1. The maximum atomic E-state index is 13.4. The van der Waals surface area contributed by atoms with E-state index in [0.29, 0.717) is 25.3 Å². The number of hydrogen-bond donors (Lipinski definition) is 1. The van der Waals surface area contributed by atoms with Gasteiger partial charge in [0.15, 0.2) is 0 Å². The lowest BCUT2D eigenvalue weighted by Crippen LogP contribution is -2.50. The Kier molecular flexibility index (Phi) is 5.41. The Labute approximate surface area is 194 Å². The van der Waals surface area contributed by atoms with Gasteiger partial charge in [-0.05, 0) is 29.2 Å². The minimum Gasteiger partial charge on any atom is -0.496 e. The second-order valence-corrected chi connectivity index (χ2v) is 9.15. The number of carbonyl (C=O) groups is 2. The van der Waals surface area contributed by atoms with Gasteiger partial charge in [-0.2, -0.15) is 0 Å². The van der Waals surface area contributed by atoms with Crippen LogP contribution in [-0.2, 0) is 22.4 Å². The minimum atomic E-state index is -0.786. The van der Waals surface area contributed by atoms with Crippen molar-refractivity contribution >= 4 is 11.8 Å². The van der Waals surface area contributed by atoms with E-state index in [2.05, 4.69) is 24.3 Å². The predicted octanol–water partition coefficient (Wildman–Crippen LogP) is 3.56. The zero-order chi connectivity index (χ0) is 23.0. The van der Waals surface area contributed by atoms with Crippen LogP contribution in [0.3, 0.4) is 0 Å². The fourth-order valence-corrected chi connectivity index (χ4v) is 5.83. The second-order valence-electron chi connectivity index (χ2n) is 9.15. The number of ether oxygens (including phenoxy) is 1. The molecule has 1 aliphatic heterocycles. The molecule has 2 amide bonds. The average Bonchev–Trinajstić information content (AvgIpc) is 3.24. The van der Waals surface area contributed by atoms with Crippen molar-refractivity contribution in [2.24, 2.45) is 17.1 Å². The molecule has 0 aromatic heterocycles. The van der Waals surface area contributed by atoms with Gasteiger partial charge < -0.3 is 15.4 Å². The number of rotatable bonds is 5. The van der Waals surface area contributed by atoms with Crippen molar-refractivity contribution < 1.29 is 14.3 Å². The number of amides is 2. The molecule has 3 aromatic carbocycles. The molecular weight excluding hydrogens is 412 g/mol. The van der Waals surface area contributed by atoms with Crippen LogP contribution in [0.15, 0.2) is 78.9 Å². The average molecular weight is 441 g/mol. The molecule has 2 aliphatic rings. The monoisotopic (exact) mass is 440 g/mol. The summed E-state index contributed by atoms with van der Waals surface area (Å²) in [6, 6.07) is 26.1. The molecular formula is C28H28N2O3. The topological polar surface area (TPSA) is 72.6 Å². The first-order valence-corrected chi connectivity index (χ1v) is 11.4. The van der Waals surface area contributed by atoms with Crippen molar-refractivity contribution in [3.63, 3.8) is 0 Å². The van der Waals surface area contributed by atoms with E-state index in [0.717, 1.165) is 16.7 Å². The van der Waals surface area contributed by atoms with Gasteiger partial charge in [-0.15, -0.1) is 0 Å². The molecule has 0 bridgehead atoms. The zero-order valence-electron chi connectivity index (χ0n) is 18.7. The Morgan fingerprint density at radius 1 is 1.00 bits per heavy atom. The highest BCUT2D eigenvalue weighted by Gasteiger charge is 2.57. The second kappa shape index (κ2) is 8.39. The van der Waals surface area contributed by atoms with Crippen LogP contribution in [0.1, 0.15) is 28.2 Å². The van der Waals surface area contributed by atoms with Gasteiger partial charge in [-0.3, -0.25) is 9.59 Å². The van der Waals surface area contributed by atoms with Crippen LogP contribution in [0.4, 0.5) is 0 Å². The third-order valence-corrected chi connectivity index (χ3v) is 7.43. The van der Waals surface area contributed by atoms with Gasteiger partial charge in [0.1, 0.15) is 5.75 Å². The van der Waals surface area contributed by atoms with Gasteiger partial charge in [-0.1, -0.05) is 72.8 Å². The third kappa shape index (κ3) is 3.58. The molecule has 0 spiro atoms. The van der Waals surface area contributed by atoms with Gasteiger partial charge in [-0.25, -0.2) is 0 Å². The summed E-state index contributed by atoms with van der Waals surface area (Å²) < 4.78 is 5.43. The molecule has 1 fully saturated rings. The molecule has 1 aliphatic carbocycles. The third-order valence-electron chi connectivity index (χ3n) is 7.43. The van der Waals surface area contributed by atoms with Crippen LogP contribution in [0.25, 0.3) is 0 Å². The Balaban J connectivity index is 1.53. The number of likely N-dealkylation sites (tertiary alicyclic amines) is 1. The minimum absolute atomic E-state index is 0.00714. The van der Waals surface area contributed by atoms with Crippen molar-refractivity contribution in [3.8, 4) is 5.75 Å². The van der Waals surface area contributed by atoms with Crippen LogP contribution in [-0.4, -0.2) is 36.9 Å². The Hall–Kier alpha value is -3.60. The van der Waals surface area contributed by atoms with Crippen molar-refractivity contribution in [1.82, 2.24) is 4.90 Å². The number of nitrogens with two attached hydrogens (primary N) is 1. The number of nitrogens with zero attached hydrogens (tertiary/aromatic N) is 1. The normalized spacial score (nSPS) is 23.5. The predicted molar refractivity (Wildman–Crippen MR) is 127 cm³/mol. The van der Waals surface area contributed by atoms with Gasteiger partial charge >= 0.3 is 0 Å². The molecule has 5 nitrogen and oxygen atoms in total. The van der Waals surface area contributed by atoms with Crippen LogP contribution in [0.2, 0.25) is 0 Å². The summed E-state index contributed by atoms with van der Waals surface area (Å²) in [5.41, 5.74) is 9.68.